The molecular weight excluding hydrogens is 246 g/mol. The molecule has 102 valence electrons. The van der Waals surface area contributed by atoms with Crippen molar-refractivity contribution in [2.45, 2.75) is 44.2 Å². The molecule has 1 saturated carbocycles. The summed E-state index contributed by atoms with van der Waals surface area (Å²) in [6.45, 7) is 5.12. The molecule has 1 aromatic carbocycles. The molecule has 0 unspecified atom stereocenters. The Morgan fingerprint density at radius 3 is 2.42 bits per heavy atom. The van der Waals surface area contributed by atoms with Crippen LogP contribution in [0.4, 0.5) is 0 Å². The predicted octanol–water partition coefficient (Wildman–Crippen LogP) is 2.53. The molecule has 5 nitrogen and oxygen atoms in total. The van der Waals surface area contributed by atoms with Gasteiger partial charge in [-0.05, 0) is 26.3 Å². The average Bonchev–Trinajstić information content (AvgIpc) is 3.04. The van der Waals surface area contributed by atoms with E-state index in [9.17, 15) is 14.9 Å². The first-order valence-electron chi connectivity index (χ1n) is 6.20. The molecule has 1 aliphatic rings. The highest BCUT2D eigenvalue weighted by molar-refractivity contribution is 5.85. The third kappa shape index (κ3) is 2.45. The van der Waals surface area contributed by atoms with Gasteiger partial charge in [0.15, 0.2) is 0 Å². The van der Waals surface area contributed by atoms with Crippen molar-refractivity contribution in [3.63, 3.8) is 0 Å². The zero-order valence-corrected chi connectivity index (χ0v) is 11.3. The topological polar surface area (TPSA) is 69.4 Å². The second kappa shape index (κ2) is 4.33. The van der Waals surface area contributed by atoms with E-state index >= 15 is 0 Å². The van der Waals surface area contributed by atoms with Crippen LogP contribution in [0.25, 0.3) is 0 Å². The van der Waals surface area contributed by atoms with E-state index in [2.05, 4.69) is 0 Å². The molecule has 2 rings (SSSR count). The van der Waals surface area contributed by atoms with E-state index in [1.807, 2.05) is 18.2 Å². The molecular formula is C14H17NO4. The molecule has 0 aromatic heterocycles. The van der Waals surface area contributed by atoms with Crippen LogP contribution >= 0.6 is 0 Å². The number of rotatable bonds is 3. The molecule has 5 heteroatoms. The number of hydrogen-bond donors (Lipinski definition) is 0. The molecule has 1 aliphatic carbocycles. The van der Waals surface area contributed by atoms with Crippen LogP contribution in [0.3, 0.4) is 0 Å². The minimum atomic E-state index is -1.60. The lowest BCUT2D eigenvalue weighted by atomic mass is 10.1. The number of benzene rings is 1. The fourth-order valence-electron chi connectivity index (χ4n) is 2.20. The molecule has 0 saturated heterocycles. The molecule has 0 spiro atoms. The van der Waals surface area contributed by atoms with Crippen LogP contribution in [0.2, 0.25) is 0 Å². The van der Waals surface area contributed by atoms with Gasteiger partial charge in [0.25, 0.3) is 0 Å². The van der Waals surface area contributed by atoms with Crippen molar-refractivity contribution in [1.82, 2.24) is 0 Å². The highest BCUT2D eigenvalue weighted by Gasteiger charge is 2.74. The number of nitro groups is 1. The number of nitrogens with zero attached hydrogens (tertiary/aromatic N) is 1. The number of carbonyl (C=O) groups is 1. The Morgan fingerprint density at radius 2 is 1.95 bits per heavy atom. The van der Waals surface area contributed by atoms with Gasteiger partial charge >= 0.3 is 11.5 Å². The molecule has 0 aliphatic heterocycles. The first-order valence-corrected chi connectivity index (χ1v) is 6.20. The first-order chi connectivity index (χ1) is 8.77. The van der Waals surface area contributed by atoms with Gasteiger partial charge in [0.2, 0.25) is 0 Å². The van der Waals surface area contributed by atoms with Crippen LogP contribution < -0.4 is 0 Å². The molecule has 0 amide bonds. The number of hydrogen-bond acceptors (Lipinski definition) is 4. The minimum Gasteiger partial charge on any atom is -0.455 e. The predicted molar refractivity (Wildman–Crippen MR) is 69.4 cm³/mol. The van der Waals surface area contributed by atoms with Gasteiger partial charge < -0.3 is 4.74 Å². The maximum atomic E-state index is 12.1. The quantitative estimate of drug-likeness (QED) is 0.477. The molecule has 19 heavy (non-hydrogen) atoms. The largest absolute Gasteiger partial charge is 0.455 e. The Bertz CT molecular complexity index is 506. The Kier molecular flexibility index (Phi) is 3.08. The summed E-state index contributed by atoms with van der Waals surface area (Å²) in [5.74, 6) is -1.13. The van der Waals surface area contributed by atoms with E-state index in [0.29, 0.717) is 0 Å². The van der Waals surface area contributed by atoms with E-state index < -0.39 is 28.0 Å². The van der Waals surface area contributed by atoms with Crippen molar-refractivity contribution in [2.24, 2.45) is 0 Å². The van der Waals surface area contributed by atoms with E-state index in [-0.39, 0.29) is 6.42 Å². The van der Waals surface area contributed by atoms with Gasteiger partial charge in [-0.3, -0.25) is 10.1 Å². The van der Waals surface area contributed by atoms with Crippen LogP contribution in [-0.4, -0.2) is 22.0 Å². The van der Waals surface area contributed by atoms with Crippen LogP contribution in [0, 0.1) is 10.1 Å². The second-order valence-electron chi connectivity index (χ2n) is 5.85. The first kappa shape index (κ1) is 13.5. The minimum absolute atomic E-state index is 0.207. The lowest BCUT2D eigenvalue weighted by molar-refractivity contribution is -0.527. The van der Waals surface area contributed by atoms with E-state index in [1.165, 1.54) is 0 Å². The Morgan fingerprint density at radius 1 is 1.37 bits per heavy atom. The summed E-state index contributed by atoms with van der Waals surface area (Å²) >= 11 is 0. The van der Waals surface area contributed by atoms with Gasteiger partial charge in [-0.15, -0.1) is 0 Å². The van der Waals surface area contributed by atoms with Crippen LogP contribution in [-0.2, 0) is 9.53 Å². The van der Waals surface area contributed by atoms with Crippen molar-refractivity contribution in [3.8, 4) is 0 Å². The monoisotopic (exact) mass is 263 g/mol. The van der Waals surface area contributed by atoms with Crippen molar-refractivity contribution in [1.29, 1.82) is 0 Å². The third-order valence-corrected chi connectivity index (χ3v) is 3.21. The zero-order chi connectivity index (χ0) is 14.3. The van der Waals surface area contributed by atoms with Crippen molar-refractivity contribution in [2.75, 3.05) is 0 Å². The number of carbonyl (C=O) groups excluding carboxylic acids is 1. The highest BCUT2D eigenvalue weighted by Crippen LogP contribution is 2.54. The summed E-state index contributed by atoms with van der Waals surface area (Å²) < 4.78 is 5.20. The maximum Gasteiger partial charge on any atom is 0.386 e. The Balaban J connectivity index is 2.24. The van der Waals surface area contributed by atoms with Crippen LogP contribution in [0.5, 0.6) is 0 Å². The number of esters is 1. The van der Waals surface area contributed by atoms with Crippen LogP contribution in [0.15, 0.2) is 30.3 Å². The van der Waals surface area contributed by atoms with Gasteiger partial charge in [-0.25, -0.2) is 4.79 Å². The van der Waals surface area contributed by atoms with Crippen LogP contribution in [0.1, 0.15) is 38.7 Å². The average molecular weight is 263 g/mol. The molecule has 1 fully saturated rings. The summed E-state index contributed by atoms with van der Waals surface area (Å²) in [5.41, 5.74) is -1.51. The fraction of sp³-hybridized carbons (Fsp3) is 0.500. The third-order valence-electron chi connectivity index (χ3n) is 3.21. The smallest absolute Gasteiger partial charge is 0.386 e. The summed E-state index contributed by atoms with van der Waals surface area (Å²) in [6, 6.07) is 9.08. The van der Waals surface area contributed by atoms with Crippen molar-refractivity contribution >= 4 is 5.97 Å². The molecule has 1 aromatic rings. The van der Waals surface area contributed by atoms with E-state index in [0.717, 1.165) is 5.56 Å². The highest BCUT2D eigenvalue weighted by atomic mass is 16.6. The summed E-state index contributed by atoms with van der Waals surface area (Å²) in [5, 5.41) is 11.3. The maximum absolute atomic E-state index is 12.1. The molecule has 0 heterocycles. The van der Waals surface area contributed by atoms with Gasteiger partial charge in [-0.1, -0.05) is 30.3 Å². The van der Waals surface area contributed by atoms with Gasteiger partial charge in [0.05, 0.1) is 5.92 Å². The van der Waals surface area contributed by atoms with E-state index in [4.69, 9.17) is 4.74 Å². The van der Waals surface area contributed by atoms with Crippen molar-refractivity contribution in [3.05, 3.63) is 46.0 Å². The number of ether oxygens (including phenoxy) is 1. The Hall–Kier alpha value is -1.91. The zero-order valence-electron chi connectivity index (χ0n) is 11.3. The molecule has 0 bridgehead atoms. The van der Waals surface area contributed by atoms with Crippen molar-refractivity contribution < 1.29 is 14.5 Å². The molecule has 2 atom stereocenters. The van der Waals surface area contributed by atoms with E-state index in [1.54, 1.807) is 32.9 Å². The standard InChI is InChI=1S/C14H17NO4/c1-13(2,3)19-12(16)14(15(17)18)9-11(14)10-7-5-4-6-8-10/h4-8,11H,9H2,1-3H3/t11-,14+/m1/s1. The van der Waals surface area contributed by atoms with Gasteiger partial charge in [-0.2, -0.15) is 0 Å². The second-order valence-corrected chi connectivity index (χ2v) is 5.85. The van der Waals surface area contributed by atoms with Gasteiger partial charge in [0, 0.05) is 11.3 Å². The summed E-state index contributed by atoms with van der Waals surface area (Å²) in [4.78, 5) is 22.9. The Labute approximate surface area is 111 Å². The summed E-state index contributed by atoms with van der Waals surface area (Å²) in [6.07, 6.45) is 0.207. The lowest BCUT2D eigenvalue weighted by Crippen LogP contribution is -2.39. The SMILES string of the molecule is CC(C)(C)OC(=O)[C@]1([N+](=O)[O-])C[C@@H]1c1ccccc1. The summed E-state index contributed by atoms with van der Waals surface area (Å²) in [7, 11) is 0. The lowest BCUT2D eigenvalue weighted by Gasteiger charge is -2.21. The fourth-order valence-corrected chi connectivity index (χ4v) is 2.20. The van der Waals surface area contributed by atoms with Gasteiger partial charge in [0.1, 0.15) is 5.60 Å². The molecule has 0 radical (unpaired) electrons. The molecule has 0 N–H and O–H groups in total. The normalized spacial score (nSPS) is 25.7.